The number of hydrogen-bond donors (Lipinski definition) is 1. The van der Waals surface area contributed by atoms with Gasteiger partial charge >= 0.3 is 0 Å². The second-order valence-electron chi connectivity index (χ2n) is 9.08. The molecule has 1 saturated heterocycles. The zero-order valence-electron chi connectivity index (χ0n) is 17.4. The topological polar surface area (TPSA) is 38.7 Å². The van der Waals surface area contributed by atoms with Gasteiger partial charge in [0.25, 0.3) is 8.32 Å². The molecule has 0 spiro atoms. The molecule has 1 heterocycles. The summed E-state index contributed by atoms with van der Waals surface area (Å²) >= 11 is 0. The Bertz CT molecular complexity index is 810. The van der Waals surface area contributed by atoms with Crippen LogP contribution in [0.2, 0.25) is 5.04 Å². The number of aliphatic hydroxyl groups excluding tert-OH is 1. The molecule has 2 aromatic carbocycles. The molecule has 0 amide bonds. The van der Waals surface area contributed by atoms with Gasteiger partial charge in [-0.3, -0.25) is 0 Å². The van der Waals surface area contributed by atoms with Gasteiger partial charge in [-0.25, -0.2) is 6.61 Å². The predicted octanol–water partition coefficient (Wildman–Crippen LogP) is 3.43. The first kappa shape index (κ1) is 23.0. The van der Waals surface area contributed by atoms with Crippen LogP contribution in [0.15, 0.2) is 72.8 Å². The minimum absolute atomic E-state index is 0. The first-order valence-corrected chi connectivity index (χ1v) is 11.8. The molecule has 2 bridgehead atoms. The van der Waals surface area contributed by atoms with Crippen LogP contribution in [-0.2, 0) is 9.16 Å². The monoisotopic (exact) mass is 631 g/mol. The quantitative estimate of drug-likeness (QED) is 0.313. The average molecular weight is 632 g/mol. The van der Waals surface area contributed by atoms with Crippen LogP contribution < -0.4 is 10.4 Å². The van der Waals surface area contributed by atoms with Crippen molar-refractivity contribution in [2.75, 3.05) is 6.61 Å². The Morgan fingerprint density at radius 3 is 2.00 bits per heavy atom. The Kier molecular flexibility index (Phi) is 6.71. The van der Waals surface area contributed by atoms with E-state index in [1.165, 1.54) is 10.4 Å². The average Bonchev–Trinajstić information content (AvgIpc) is 3.11. The van der Waals surface area contributed by atoms with Crippen molar-refractivity contribution in [3.63, 3.8) is 0 Å². The van der Waals surface area contributed by atoms with Crippen molar-refractivity contribution in [3.05, 3.63) is 79.4 Å². The van der Waals surface area contributed by atoms with Gasteiger partial charge in [0, 0.05) is 31.1 Å². The van der Waals surface area contributed by atoms with Gasteiger partial charge < -0.3 is 14.3 Å². The summed E-state index contributed by atoms with van der Waals surface area (Å²) in [6.07, 6.45) is 0.0614. The Labute approximate surface area is 199 Å². The van der Waals surface area contributed by atoms with Crippen LogP contribution in [0.3, 0.4) is 0 Å². The maximum atomic E-state index is 10.8. The normalized spacial score (nSPS) is 26.4. The van der Waals surface area contributed by atoms with E-state index in [4.69, 9.17) is 9.16 Å². The van der Waals surface area contributed by atoms with E-state index in [0.29, 0.717) is 13.0 Å². The van der Waals surface area contributed by atoms with Crippen LogP contribution in [0.5, 0.6) is 0 Å². The first-order valence-electron chi connectivity index (χ1n) is 9.92. The van der Waals surface area contributed by atoms with E-state index >= 15 is 0 Å². The number of rotatable bonds is 5. The van der Waals surface area contributed by atoms with Crippen molar-refractivity contribution in [1.29, 1.82) is 0 Å². The van der Waals surface area contributed by atoms with E-state index in [0.717, 1.165) is 5.57 Å². The summed E-state index contributed by atoms with van der Waals surface area (Å²) in [4.78, 5) is 0. The Morgan fingerprint density at radius 1 is 1.10 bits per heavy atom. The van der Waals surface area contributed by atoms with Crippen LogP contribution in [0.4, 0.5) is 0 Å². The molecule has 0 aromatic heterocycles. The second-order valence-corrected chi connectivity index (χ2v) is 13.4. The molecule has 2 aromatic rings. The van der Waals surface area contributed by atoms with Gasteiger partial charge in [0.05, 0.1) is 18.3 Å². The fourth-order valence-electron chi connectivity index (χ4n) is 4.81. The SMILES string of the molecule is C=C1C[C@@]2(CO[Si](c3ccccc3)(c3ccccc3)C(C)(C)C)O[CH-][C@@H]1[C@@H]2O.[U]. The summed E-state index contributed by atoms with van der Waals surface area (Å²) in [5.41, 5.74) is 0.319. The Balaban J connectivity index is 0.00000240. The van der Waals surface area contributed by atoms with Crippen molar-refractivity contribution < 1.29 is 45.4 Å². The van der Waals surface area contributed by atoms with Crippen LogP contribution in [0.1, 0.15) is 27.2 Å². The second kappa shape index (κ2) is 8.46. The van der Waals surface area contributed by atoms with E-state index in [1.807, 2.05) is 12.1 Å². The fraction of sp³-hybridized carbons (Fsp3) is 0.375. The maximum absolute atomic E-state index is 10.8. The van der Waals surface area contributed by atoms with Crippen molar-refractivity contribution in [3.8, 4) is 0 Å². The molecular weight excluding hydrogens is 602 g/mol. The van der Waals surface area contributed by atoms with Crippen molar-refractivity contribution in [2.24, 2.45) is 5.92 Å². The van der Waals surface area contributed by atoms with Crippen LogP contribution in [0, 0.1) is 43.6 Å². The van der Waals surface area contributed by atoms with Crippen LogP contribution in [0.25, 0.3) is 0 Å². The summed E-state index contributed by atoms with van der Waals surface area (Å²) in [5.74, 6) is -0.0808. The van der Waals surface area contributed by atoms with Gasteiger partial charge in [-0.1, -0.05) is 92.9 Å². The summed E-state index contributed by atoms with van der Waals surface area (Å²) in [6, 6.07) is 21.1. The Hall–Kier alpha value is -0.671. The third-order valence-electron chi connectivity index (χ3n) is 6.28. The summed E-state index contributed by atoms with van der Waals surface area (Å²) in [5, 5.41) is 13.2. The van der Waals surface area contributed by atoms with Crippen LogP contribution >= 0.6 is 0 Å². The third kappa shape index (κ3) is 3.76. The summed E-state index contributed by atoms with van der Waals surface area (Å²) in [7, 11) is -2.65. The Morgan fingerprint density at radius 2 is 1.62 bits per heavy atom. The van der Waals surface area contributed by atoms with Crippen molar-refractivity contribution >= 4 is 18.7 Å². The molecule has 1 aliphatic carbocycles. The molecular formula is C24H29O3SiU-. The molecule has 29 heavy (non-hydrogen) atoms. The number of ether oxygens (including phenoxy) is 1. The van der Waals surface area contributed by atoms with Gasteiger partial charge in [-0.05, 0) is 21.8 Å². The largest absolute Gasteiger partial charge is 0.543 e. The molecule has 3 nitrogen and oxygen atoms in total. The summed E-state index contributed by atoms with van der Waals surface area (Å²) < 4.78 is 12.9. The van der Waals surface area contributed by atoms with Gasteiger partial charge in [0.2, 0.25) is 0 Å². The summed E-state index contributed by atoms with van der Waals surface area (Å²) in [6.45, 7) is 13.0. The number of fused-ring (bicyclic) bond motifs is 2. The fourth-order valence-corrected chi connectivity index (χ4v) is 9.43. The van der Waals surface area contributed by atoms with Gasteiger partial charge in [0.1, 0.15) is 0 Å². The van der Waals surface area contributed by atoms with E-state index < -0.39 is 20.0 Å². The van der Waals surface area contributed by atoms with E-state index in [1.54, 1.807) is 6.61 Å². The molecule has 4 rings (SSSR count). The van der Waals surface area contributed by atoms with Gasteiger partial charge in [-0.2, -0.15) is 0 Å². The minimum Gasteiger partial charge on any atom is -0.543 e. The molecule has 1 saturated carbocycles. The molecule has 1 N–H and O–H groups in total. The van der Waals surface area contributed by atoms with E-state index in [2.05, 4.69) is 75.9 Å². The molecule has 3 atom stereocenters. The smallest absolute Gasteiger partial charge is 0.261 e. The van der Waals surface area contributed by atoms with Gasteiger partial charge in [-0.15, -0.1) is 6.58 Å². The predicted molar refractivity (Wildman–Crippen MR) is 115 cm³/mol. The zero-order valence-corrected chi connectivity index (χ0v) is 22.6. The maximum Gasteiger partial charge on any atom is 0.261 e. The molecule has 2 fully saturated rings. The molecule has 5 heteroatoms. The van der Waals surface area contributed by atoms with Crippen LogP contribution in [-0.4, -0.2) is 31.7 Å². The molecule has 0 unspecified atom stereocenters. The molecule has 2 aliphatic rings. The number of aliphatic hydroxyl groups is 1. The standard InChI is InChI=1S/C24H29O3Si.U/c1-18-15-24(22(25)21(18)16-26-24)17-27-28(23(2,3)4,19-11-7-5-8-12-19)20-13-9-6-10-14-20;/h5-14,16,21-22,25H,1,15,17H2,2-4H3;/q-1;/t21-,22-,24-;/m0./s1. The molecule has 152 valence electrons. The van der Waals surface area contributed by atoms with Gasteiger partial charge in [0.15, 0.2) is 0 Å². The number of benzene rings is 2. The number of hydrogen-bond acceptors (Lipinski definition) is 3. The third-order valence-corrected chi connectivity index (χ3v) is 11.3. The molecule has 1 aliphatic heterocycles. The minimum atomic E-state index is -2.65. The van der Waals surface area contributed by atoms with E-state index in [-0.39, 0.29) is 42.1 Å². The molecule has 0 radical (unpaired) electrons. The zero-order chi connectivity index (χ0) is 20.0. The van der Waals surface area contributed by atoms with E-state index in [9.17, 15) is 5.11 Å². The first-order chi connectivity index (χ1) is 13.3. The van der Waals surface area contributed by atoms with Crippen molar-refractivity contribution in [1.82, 2.24) is 0 Å². The van der Waals surface area contributed by atoms with Crippen molar-refractivity contribution in [2.45, 2.75) is 43.9 Å².